The normalized spacial score (nSPS) is 23.0. The van der Waals surface area contributed by atoms with Crippen molar-refractivity contribution in [2.75, 3.05) is 7.05 Å². The molecule has 1 aliphatic rings. The van der Waals surface area contributed by atoms with Gasteiger partial charge < -0.3 is 0 Å². The molecule has 1 heteroatoms. The van der Waals surface area contributed by atoms with E-state index in [9.17, 15) is 0 Å². The highest BCUT2D eigenvalue weighted by atomic mass is 14.7. The summed E-state index contributed by atoms with van der Waals surface area (Å²) in [4.78, 5) is 4.11. The zero-order valence-electron chi connectivity index (χ0n) is 5.72. The molecule has 1 nitrogen and oxygen atoms in total. The number of hydrogen-bond acceptors (Lipinski definition) is 1. The third-order valence-electron chi connectivity index (χ3n) is 2.29. The van der Waals surface area contributed by atoms with Gasteiger partial charge in [0.1, 0.15) is 0 Å². The van der Waals surface area contributed by atoms with Crippen LogP contribution in [0.5, 0.6) is 0 Å². The van der Waals surface area contributed by atoms with Crippen molar-refractivity contribution in [1.29, 1.82) is 0 Å². The smallest absolute Gasteiger partial charge is 0.0610 e. The number of rotatable bonds is 1. The van der Waals surface area contributed by atoms with Gasteiger partial charge in [0.2, 0.25) is 0 Å². The molecule has 0 atom stereocenters. The lowest BCUT2D eigenvalue weighted by molar-refractivity contribution is 0.424. The van der Waals surface area contributed by atoms with Crippen LogP contribution in [0.25, 0.3) is 0 Å². The summed E-state index contributed by atoms with van der Waals surface area (Å²) >= 11 is 0. The van der Waals surface area contributed by atoms with Crippen molar-refractivity contribution >= 4 is 0 Å². The average molecular weight is 121 g/mol. The van der Waals surface area contributed by atoms with Crippen molar-refractivity contribution in [1.82, 2.24) is 0 Å². The van der Waals surface area contributed by atoms with Crippen molar-refractivity contribution in [2.45, 2.75) is 25.2 Å². The molecule has 0 spiro atoms. The molecule has 1 saturated carbocycles. The Labute approximate surface area is 55.1 Å². The summed E-state index contributed by atoms with van der Waals surface area (Å²) in [5.74, 6) is 0.906. The van der Waals surface area contributed by atoms with Crippen LogP contribution in [-0.4, -0.2) is 7.05 Å². The molecular weight excluding hydrogens is 110 g/mol. The van der Waals surface area contributed by atoms with E-state index in [0.29, 0.717) is 0 Å². The fourth-order valence-corrected chi connectivity index (χ4v) is 1.35. The highest BCUT2D eigenvalue weighted by Gasteiger charge is 2.24. The summed E-state index contributed by atoms with van der Waals surface area (Å²) in [6, 6.07) is 2.21. The summed E-state index contributed by atoms with van der Waals surface area (Å²) in [5.41, 5.74) is 1.55. The van der Waals surface area contributed by atoms with E-state index in [-0.39, 0.29) is 0 Å². The van der Waals surface area contributed by atoms with E-state index in [1.54, 1.807) is 5.56 Å². The van der Waals surface area contributed by atoms with Crippen LogP contribution in [0.3, 0.4) is 0 Å². The van der Waals surface area contributed by atoms with Crippen molar-refractivity contribution in [2.24, 2.45) is 4.99 Å². The van der Waals surface area contributed by atoms with Crippen molar-refractivity contribution in [3.8, 4) is 0 Å². The van der Waals surface area contributed by atoms with Gasteiger partial charge in [-0.1, -0.05) is 6.42 Å². The Morgan fingerprint density at radius 2 is 2.33 bits per heavy atom. The minimum atomic E-state index is 0.906. The molecule has 9 heavy (non-hydrogen) atoms. The van der Waals surface area contributed by atoms with E-state index in [2.05, 4.69) is 11.1 Å². The summed E-state index contributed by atoms with van der Waals surface area (Å²) in [5, 5.41) is 1.28. The van der Waals surface area contributed by atoms with Crippen LogP contribution >= 0.6 is 0 Å². The van der Waals surface area contributed by atoms with Crippen LogP contribution in [0.15, 0.2) is 11.1 Å². The minimum Gasteiger partial charge on any atom is -0.288 e. The summed E-state index contributed by atoms with van der Waals surface area (Å²) < 4.78 is 0. The van der Waals surface area contributed by atoms with Gasteiger partial charge in [0.15, 0.2) is 0 Å². The fourth-order valence-electron chi connectivity index (χ4n) is 1.35. The van der Waals surface area contributed by atoms with Crippen LogP contribution < -0.4 is 5.36 Å². The van der Waals surface area contributed by atoms with E-state index in [1.165, 1.54) is 24.6 Å². The van der Waals surface area contributed by atoms with E-state index in [0.717, 1.165) is 5.92 Å². The molecule has 0 N–H and O–H groups in total. The Balaban J connectivity index is 2.09. The Kier molecular flexibility index (Phi) is 0.981. The largest absolute Gasteiger partial charge is 0.288 e. The molecule has 0 amide bonds. The molecule has 0 radical (unpaired) electrons. The van der Waals surface area contributed by atoms with Crippen LogP contribution in [0.1, 0.15) is 30.7 Å². The third kappa shape index (κ3) is 0.716. The second-order valence-corrected chi connectivity index (χ2v) is 2.84. The minimum absolute atomic E-state index is 0.906. The molecule has 0 aromatic heterocycles. The van der Waals surface area contributed by atoms with E-state index in [1.807, 2.05) is 7.05 Å². The molecule has 0 unspecified atom stereocenters. The zero-order valence-corrected chi connectivity index (χ0v) is 5.72. The standard InChI is InChI=1S/C8H11N/c1-9-8-5-7(8)6-3-2-4-6/h5-6H,2-4H2,1H3. The average Bonchev–Trinajstić information content (AvgIpc) is 2.42. The Bertz CT molecular complexity index is 224. The lowest BCUT2D eigenvalue weighted by Gasteiger charge is -2.21. The van der Waals surface area contributed by atoms with Crippen molar-refractivity contribution in [3.05, 3.63) is 17.0 Å². The number of hydrogen-bond donors (Lipinski definition) is 0. The first kappa shape index (κ1) is 5.21. The highest BCUT2D eigenvalue weighted by molar-refractivity contribution is 5.28. The maximum Gasteiger partial charge on any atom is 0.0610 e. The molecule has 48 valence electrons. The molecule has 1 fully saturated rings. The van der Waals surface area contributed by atoms with Crippen LogP contribution in [0, 0.1) is 0 Å². The van der Waals surface area contributed by atoms with Gasteiger partial charge in [-0.15, -0.1) is 0 Å². The van der Waals surface area contributed by atoms with Crippen molar-refractivity contribution in [3.63, 3.8) is 0 Å². The lowest BCUT2D eigenvalue weighted by Crippen LogP contribution is -2.07. The SMILES string of the molecule is CN=c1cc1C1CCC1. The van der Waals surface area contributed by atoms with E-state index < -0.39 is 0 Å². The van der Waals surface area contributed by atoms with Crippen LogP contribution in [0.2, 0.25) is 0 Å². The predicted octanol–water partition coefficient (Wildman–Crippen LogP) is 1.36. The molecule has 1 aromatic carbocycles. The topological polar surface area (TPSA) is 12.4 Å². The van der Waals surface area contributed by atoms with Gasteiger partial charge in [-0.3, -0.25) is 4.99 Å². The molecule has 0 aliphatic heterocycles. The molecule has 1 aromatic rings. The maximum atomic E-state index is 4.11. The van der Waals surface area contributed by atoms with E-state index in [4.69, 9.17) is 0 Å². The second-order valence-electron chi connectivity index (χ2n) is 2.84. The highest BCUT2D eigenvalue weighted by Crippen LogP contribution is 2.36. The molecule has 0 heterocycles. The first-order valence-electron chi connectivity index (χ1n) is 3.60. The van der Waals surface area contributed by atoms with Gasteiger partial charge in [0.05, 0.1) is 5.36 Å². The van der Waals surface area contributed by atoms with Gasteiger partial charge >= 0.3 is 0 Å². The maximum absolute atomic E-state index is 4.11. The molecule has 0 bridgehead atoms. The van der Waals surface area contributed by atoms with Crippen molar-refractivity contribution < 1.29 is 0 Å². The molecule has 0 saturated heterocycles. The van der Waals surface area contributed by atoms with Gasteiger partial charge in [0.25, 0.3) is 0 Å². The first-order valence-corrected chi connectivity index (χ1v) is 3.60. The van der Waals surface area contributed by atoms with E-state index >= 15 is 0 Å². The fraction of sp³-hybridized carbons (Fsp3) is 0.625. The Morgan fingerprint density at radius 1 is 1.56 bits per heavy atom. The lowest BCUT2D eigenvalue weighted by atomic mass is 9.84. The monoisotopic (exact) mass is 121 g/mol. The summed E-state index contributed by atoms with van der Waals surface area (Å²) in [7, 11) is 1.87. The van der Waals surface area contributed by atoms with Gasteiger partial charge in [-0.05, 0) is 30.4 Å². The van der Waals surface area contributed by atoms with Crippen LogP contribution in [0.4, 0.5) is 0 Å². The van der Waals surface area contributed by atoms with Crippen LogP contribution in [-0.2, 0) is 0 Å². The van der Waals surface area contributed by atoms with Gasteiger partial charge in [-0.2, -0.15) is 0 Å². The third-order valence-corrected chi connectivity index (χ3v) is 2.29. The first-order chi connectivity index (χ1) is 4.42. The van der Waals surface area contributed by atoms with Gasteiger partial charge in [0, 0.05) is 7.05 Å². The molecular formula is C8H11N. The number of nitrogens with zero attached hydrogens (tertiary/aromatic N) is 1. The predicted molar refractivity (Wildman–Crippen MR) is 36.9 cm³/mol. The summed E-state index contributed by atoms with van der Waals surface area (Å²) in [6.07, 6.45) is 4.24. The molecule has 2 rings (SSSR count). The zero-order chi connectivity index (χ0) is 6.27. The Hall–Kier alpha value is -0.590. The quantitative estimate of drug-likeness (QED) is 0.532. The Morgan fingerprint density at radius 3 is 2.67 bits per heavy atom. The molecule has 1 aliphatic carbocycles. The summed E-state index contributed by atoms with van der Waals surface area (Å²) in [6.45, 7) is 0. The second kappa shape index (κ2) is 1.69. The van der Waals surface area contributed by atoms with Gasteiger partial charge in [-0.25, -0.2) is 0 Å².